The van der Waals surface area contributed by atoms with Gasteiger partial charge in [0.1, 0.15) is 5.82 Å². The lowest BCUT2D eigenvalue weighted by Crippen LogP contribution is -2.30. The summed E-state index contributed by atoms with van der Waals surface area (Å²) in [6, 6.07) is 10.8. The second kappa shape index (κ2) is 6.59. The van der Waals surface area contributed by atoms with Crippen LogP contribution >= 0.6 is 0 Å². The predicted octanol–water partition coefficient (Wildman–Crippen LogP) is 3.00. The first-order valence-electron chi connectivity index (χ1n) is 8.55. The summed E-state index contributed by atoms with van der Waals surface area (Å²) in [7, 11) is 0. The van der Waals surface area contributed by atoms with Crippen molar-refractivity contribution in [1.82, 2.24) is 20.0 Å². The Kier molecular flexibility index (Phi) is 4.12. The zero-order valence-corrected chi connectivity index (χ0v) is 14.4. The topological polar surface area (TPSA) is 98.1 Å². The van der Waals surface area contributed by atoms with E-state index in [1.165, 1.54) is 0 Å². The molecule has 0 spiro atoms. The molecule has 0 radical (unpaired) electrons. The van der Waals surface area contributed by atoms with Gasteiger partial charge < -0.3 is 15.2 Å². The second-order valence-electron chi connectivity index (χ2n) is 6.41. The number of amides is 1. The van der Waals surface area contributed by atoms with Gasteiger partial charge in [-0.05, 0) is 38.0 Å². The number of aryl methyl sites for hydroxylation is 1. The van der Waals surface area contributed by atoms with Crippen molar-refractivity contribution in [3.05, 3.63) is 59.6 Å². The van der Waals surface area contributed by atoms with E-state index in [1.54, 1.807) is 24.4 Å². The standard InChI is InChI=1S/C19H19N5O2/c1-12-11-16(26-23-12)15-3-2-10-24(15)19(25)14-6-4-13(5-7-14)18-21-9-8-17(20)22-18/h4-9,11,15H,2-3,10H2,1H3,(H2,20,21,22)/t15-/m0/s1. The number of hydrogen-bond donors (Lipinski definition) is 1. The van der Waals surface area contributed by atoms with E-state index in [-0.39, 0.29) is 11.9 Å². The average molecular weight is 349 g/mol. The molecule has 132 valence electrons. The van der Waals surface area contributed by atoms with Gasteiger partial charge in [0.2, 0.25) is 0 Å². The van der Waals surface area contributed by atoms with Gasteiger partial charge in [0, 0.05) is 29.9 Å². The fourth-order valence-corrected chi connectivity index (χ4v) is 3.29. The highest BCUT2D eigenvalue weighted by Crippen LogP contribution is 2.33. The Morgan fingerprint density at radius 1 is 1.27 bits per heavy atom. The van der Waals surface area contributed by atoms with Crippen molar-refractivity contribution in [2.24, 2.45) is 0 Å². The highest BCUT2D eigenvalue weighted by atomic mass is 16.5. The average Bonchev–Trinajstić information content (AvgIpc) is 3.30. The fourth-order valence-electron chi connectivity index (χ4n) is 3.29. The van der Waals surface area contributed by atoms with Gasteiger partial charge in [-0.1, -0.05) is 17.3 Å². The molecular formula is C19H19N5O2. The first kappa shape index (κ1) is 16.3. The first-order valence-corrected chi connectivity index (χ1v) is 8.55. The number of hydrogen-bond acceptors (Lipinski definition) is 6. The Morgan fingerprint density at radius 3 is 2.77 bits per heavy atom. The Morgan fingerprint density at radius 2 is 2.08 bits per heavy atom. The summed E-state index contributed by atoms with van der Waals surface area (Å²) in [6.07, 6.45) is 3.45. The predicted molar refractivity (Wildman–Crippen MR) is 96.1 cm³/mol. The zero-order valence-electron chi connectivity index (χ0n) is 14.4. The van der Waals surface area contributed by atoms with Gasteiger partial charge in [-0.2, -0.15) is 0 Å². The summed E-state index contributed by atoms with van der Waals surface area (Å²) in [5.74, 6) is 1.69. The molecule has 1 aromatic carbocycles. The molecule has 0 unspecified atom stereocenters. The molecule has 3 heterocycles. The van der Waals surface area contributed by atoms with Crippen LogP contribution < -0.4 is 5.73 Å². The number of carbonyl (C=O) groups excluding carboxylic acids is 1. The number of nitrogens with zero attached hydrogens (tertiary/aromatic N) is 4. The minimum absolute atomic E-state index is 0.0124. The maximum atomic E-state index is 13.0. The highest BCUT2D eigenvalue weighted by Gasteiger charge is 2.33. The highest BCUT2D eigenvalue weighted by molar-refractivity contribution is 5.95. The number of carbonyl (C=O) groups is 1. The Labute approximate surface area is 150 Å². The van der Waals surface area contributed by atoms with E-state index in [4.69, 9.17) is 10.3 Å². The van der Waals surface area contributed by atoms with E-state index in [2.05, 4.69) is 15.1 Å². The van der Waals surface area contributed by atoms with Crippen LogP contribution in [0.15, 0.2) is 47.1 Å². The van der Waals surface area contributed by atoms with Gasteiger partial charge in [-0.25, -0.2) is 9.97 Å². The number of benzene rings is 1. The Balaban J connectivity index is 1.56. The van der Waals surface area contributed by atoms with Gasteiger partial charge in [0.05, 0.1) is 11.7 Å². The first-order chi connectivity index (χ1) is 12.6. The molecule has 1 atom stereocenters. The van der Waals surface area contributed by atoms with Gasteiger partial charge in [0.15, 0.2) is 11.6 Å². The molecule has 2 aromatic heterocycles. The molecule has 1 amide bonds. The van der Waals surface area contributed by atoms with Crippen molar-refractivity contribution >= 4 is 11.7 Å². The van der Waals surface area contributed by atoms with E-state index in [0.29, 0.717) is 23.8 Å². The van der Waals surface area contributed by atoms with E-state index in [9.17, 15) is 4.79 Å². The van der Waals surface area contributed by atoms with Crippen LogP contribution in [-0.4, -0.2) is 32.5 Å². The Bertz CT molecular complexity index is 935. The van der Waals surface area contributed by atoms with Crippen LogP contribution in [0.1, 0.15) is 40.7 Å². The number of rotatable bonds is 3. The minimum Gasteiger partial charge on any atom is -0.384 e. The molecule has 2 N–H and O–H groups in total. The fraction of sp³-hybridized carbons (Fsp3) is 0.263. The smallest absolute Gasteiger partial charge is 0.254 e. The van der Waals surface area contributed by atoms with Crippen LogP contribution in [0.4, 0.5) is 5.82 Å². The van der Waals surface area contributed by atoms with Crippen LogP contribution in [0.2, 0.25) is 0 Å². The van der Waals surface area contributed by atoms with Crippen molar-refractivity contribution < 1.29 is 9.32 Å². The lowest BCUT2D eigenvalue weighted by Gasteiger charge is -2.22. The normalized spacial score (nSPS) is 16.8. The summed E-state index contributed by atoms with van der Waals surface area (Å²) >= 11 is 0. The van der Waals surface area contributed by atoms with Crippen molar-refractivity contribution in [1.29, 1.82) is 0 Å². The SMILES string of the molecule is Cc1cc([C@@H]2CCCN2C(=O)c2ccc(-c3nccc(N)n3)cc2)on1. The van der Waals surface area contributed by atoms with Crippen LogP contribution in [0.5, 0.6) is 0 Å². The van der Waals surface area contributed by atoms with Gasteiger partial charge >= 0.3 is 0 Å². The molecule has 4 rings (SSSR count). The largest absolute Gasteiger partial charge is 0.384 e. The molecule has 0 bridgehead atoms. The molecule has 0 saturated carbocycles. The van der Waals surface area contributed by atoms with Crippen LogP contribution in [0.3, 0.4) is 0 Å². The molecule has 26 heavy (non-hydrogen) atoms. The summed E-state index contributed by atoms with van der Waals surface area (Å²) in [4.78, 5) is 23.2. The van der Waals surface area contributed by atoms with Crippen LogP contribution in [0, 0.1) is 6.92 Å². The van der Waals surface area contributed by atoms with Gasteiger partial charge in [-0.3, -0.25) is 4.79 Å². The van der Waals surface area contributed by atoms with E-state index in [0.717, 1.165) is 29.9 Å². The number of aromatic nitrogens is 3. The lowest BCUT2D eigenvalue weighted by atomic mass is 10.1. The monoisotopic (exact) mass is 349 g/mol. The zero-order chi connectivity index (χ0) is 18.1. The maximum absolute atomic E-state index is 13.0. The summed E-state index contributed by atoms with van der Waals surface area (Å²) in [5, 5.41) is 3.94. The Hall–Kier alpha value is -3.22. The molecule has 7 nitrogen and oxygen atoms in total. The van der Waals surface area contributed by atoms with E-state index in [1.807, 2.05) is 30.0 Å². The molecule has 0 aliphatic carbocycles. The summed E-state index contributed by atoms with van der Waals surface area (Å²) in [6.45, 7) is 2.59. The quantitative estimate of drug-likeness (QED) is 0.780. The molecule has 3 aromatic rings. The minimum atomic E-state index is -0.0550. The van der Waals surface area contributed by atoms with E-state index < -0.39 is 0 Å². The molecule has 1 fully saturated rings. The van der Waals surface area contributed by atoms with Crippen molar-refractivity contribution in [2.75, 3.05) is 12.3 Å². The third-order valence-corrected chi connectivity index (χ3v) is 4.56. The van der Waals surface area contributed by atoms with Crippen LogP contribution in [0.25, 0.3) is 11.4 Å². The molecular weight excluding hydrogens is 330 g/mol. The van der Waals surface area contributed by atoms with Crippen LogP contribution in [-0.2, 0) is 0 Å². The third kappa shape index (κ3) is 3.03. The van der Waals surface area contributed by atoms with Crippen molar-refractivity contribution in [3.8, 4) is 11.4 Å². The van der Waals surface area contributed by atoms with Crippen molar-refractivity contribution in [3.63, 3.8) is 0 Å². The van der Waals surface area contributed by atoms with Crippen molar-refractivity contribution in [2.45, 2.75) is 25.8 Å². The number of anilines is 1. The molecule has 1 saturated heterocycles. The molecule has 1 aliphatic rings. The summed E-state index contributed by atoms with van der Waals surface area (Å²) < 4.78 is 5.38. The number of nitrogen functional groups attached to an aromatic ring is 1. The maximum Gasteiger partial charge on any atom is 0.254 e. The number of likely N-dealkylation sites (tertiary alicyclic amines) is 1. The third-order valence-electron chi connectivity index (χ3n) is 4.56. The molecule has 1 aliphatic heterocycles. The van der Waals surface area contributed by atoms with Gasteiger partial charge in [0.25, 0.3) is 5.91 Å². The lowest BCUT2D eigenvalue weighted by molar-refractivity contribution is 0.0714. The van der Waals surface area contributed by atoms with Gasteiger partial charge in [-0.15, -0.1) is 0 Å². The number of nitrogens with two attached hydrogens (primary N) is 1. The second-order valence-corrected chi connectivity index (χ2v) is 6.41. The summed E-state index contributed by atoms with van der Waals surface area (Å²) in [5.41, 5.74) is 7.97. The van der Waals surface area contributed by atoms with E-state index >= 15 is 0 Å². The molecule has 7 heteroatoms.